The summed E-state index contributed by atoms with van der Waals surface area (Å²) in [5.41, 5.74) is 0. The fraction of sp³-hybridized carbons (Fsp3) is 0.583. The monoisotopic (exact) mass is 256 g/mol. The summed E-state index contributed by atoms with van der Waals surface area (Å²) in [4.78, 5) is 12.8. The van der Waals surface area contributed by atoms with Gasteiger partial charge in [0.1, 0.15) is 5.75 Å². The van der Waals surface area contributed by atoms with Crippen LogP contribution in [-0.4, -0.2) is 24.4 Å². The van der Waals surface area contributed by atoms with Gasteiger partial charge in [0.15, 0.2) is 5.78 Å². The van der Waals surface area contributed by atoms with E-state index in [-0.39, 0.29) is 5.78 Å². The Balaban J connectivity index is 1.91. The molecule has 16 heavy (non-hydrogen) atoms. The van der Waals surface area contributed by atoms with Gasteiger partial charge in [-0.25, -0.2) is 0 Å². The first-order valence-electron chi connectivity index (χ1n) is 5.53. The molecule has 0 amide bonds. The van der Waals surface area contributed by atoms with E-state index in [1.165, 1.54) is 35.7 Å². The molecule has 4 heteroatoms. The number of ketones is 1. The molecule has 0 radical (unpaired) electrons. The molecule has 1 aromatic heterocycles. The Labute approximate surface area is 104 Å². The van der Waals surface area contributed by atoms with Crippen molar-refractivity contribution in [1.82, 2.24) is 0 Å². The molecule has 1 aliphatic heterocycles. The molecule has 1 aliphatic rings. The first kappa shape index (κ1) is 12.0. The minimum Gasteiger partial charge on any atom is -0.496 e. The SMILES string of the molecule is COc1csc(C(=O)CC2CCSCC2)c1. The van der Waals surface area contributed by atoms with Gasteiger partial charge >= 0.3 is 0 Å². The van der Waals surface area contributed by atoms with Crippen LogP contribution in [0.25, 0.3) is 0 Å². The summed E-state index contributed by atoms with van der Waals surface area (Å²) in [5.74, 6) is 4.11. The Bertz CT molecular complexity index is 354. The smallest absolute Gasteiger partial charge is 0.173 e. The van der Waals surface area contributed by atoms with Gasteiger partial charge in [0.05, 0.1) is 12.0 Å². The predicted molar refractivity (Wildman–Crippen MR) is 69.9 cm³/mol. The van der Waals surface area contributed by atoms with Crippen molar-refractivity contribution in [3.8, 4) is 5.75 Å². The molecule has 1 aromatic rings. The Morgan fingerprint density at radius 3 is 2.88 bits per heavy atom. The van der Waals surface area contributed by atoms with Gasteiger partial charge in [0.25, 0.3) is 0 Å². The second-order valence-corrected chi connectivity index (χ2v) is 6.17. The summed E-state index contributed by atoms with van der Waals surface area (Å²) in [5, 5.41) is 1.89. The van der Waals surface area contributed by atoms with Crippen LogP contribution in [0.5, 0.6) is 5.75 Å². The zero-order valence-corrected chi connectivity index (χ0v) is 11.0. The molecular formula is C12H16O2S2. The molecule has 0 N–H and O–H groups in total. The van der Waals surface area contributed by atoms with Crippen molar-refractivity contribution in [2.45, 2.75) is 19.3 Å². The Kier molecular flexibility index (Phi) is 4.29. The summed E-state index contributed by atoms with van der Waals surface area (Å²) < 4.78 is 5.09. The molecule has 0 aromatic carbocycles. The van der Waals surface area contributed by atoms with Gasteiger partial charge < -0.3 is 4.74 Å². The minimum absolute atomic E-state index is 0.283. The maximum Gasteiger partial charge on any atom is 0.173 e. The molecule has 2 rings (SSSR count). The Morgan fingerprint density at radius 1 is 1.50 bits per heavy atom. The summed E-state index contributed by atoms with van der Waals surface area (Å²) in [7, 11) is 1.63. The number of carbonyl (C=O) groups is 1. The van der Waals surface area contributed by atoms with E-state index < -0.39 is 0 Å². The van der Waals surface area contributed by atoms with Gasteiger partial charge in [0, 0.05) is 17.9 Å². The lowest BCUT2D eigenvalue weighted by Crippen LogP contribution is -2.13. The van der Waals surface area contributed by atoms with Crippen LogP contribution in [0.15, 0.2) is 11.4 Å². The molecule has 0 atom stereocenters. The number of Topliss-reactive ketones (excluding diaryl/α,β-unsaturated/α-hetero) is 1. The number of hydrogen-bond donors (Lipinski definition) is 0. The molecular weight excluding hydrogens is 240 g/mol. The van der Waals surface area contributed by atoms with Crippen molar-refractivity contribution in [2.75, 3.05) is 18.6 Å². The van der Waals surface area contributed by atoms with Crippen molar-refractivity contribution in [1.29, 1.82) is 0 Å². The van der Waals surface area contributed by atoms with Gasteiger partial charge in [0.2, 0.25) is 0 Å². The normalized spacial score (nSPS) is 17.3. The van der Waals surface area contributed by atoms with Crippen LogP contribution in [-0.2, 0) is 0 Å². The molecule has 0 saturated carbocycles. The lowest BCUT2D eigenvalue weighted by atomic mass is 9.96. The lowest BCUT2D eigenvalue weighted by Gasteiger charge is -2.19. The predicted octanol–water partition coefficient (Wildman–Crippen LogP) is 3.47. The molecule has 0 aliphatic carbocycles. The molecule has 2 nitrogen and oxygen atoms in total. The van der Waals surface area contributed by atoms with E-state index in [0.717, 1.165) is 10.6 Å². The average molecular weight is 256 g/mol. The number of carbonyl (C=O) groups excluding carboxylic acids is 1. The van der Waals surface area contributed by atoms with Gasteiger partial charge in [-0.3, -0.25) is 4.79 Å². The second-order valence-electron chi connectivity index (χ2n) is 4.03. The largest absolute Gasteiger partial charge is 0.496 e. The molecule has 1 fully saturated rings. The quantitative estimate of drug-likeness (QED) is 0.772. The fourth-order valence-corrected chi connectivity index (χ4v) is 3.90. The van der Waals surface area contributed by atoms with Crippen LogP contribution in [0.3, 0.4) is 0 Å². The van der Waals surface area contributed by atoms with E-state index >= 15 is 0 Å². The molecule has 0 bridgehead atoms. The number of hydrogen-bond acceptors (Lipinski definition) is 4. The third-order valence-electron chi connectivity index (χ3n) is 2.90. The van der Waals surface area contributed by atoms with E-state index in [4.69, 9.17) is 4.74 Å². The average Bonchev–Trinajstić information content (AvgIpc) is 2.79. The van der Waals surface area contributed by atoms with E-state index in [1.807, 2.05) is 23.2 Å². The molecule has 88 valence electrons. The van der Waals surface area contributed by atoms with Crippen molar-refractivity contribution in [3.63, 3.8) is 0 Å². The maximum absolute atomic E-state index is 12.0. The van der Waals surface area contributed by atoms with Gasteiger partial charge in [-0.15, -0.1) is 11.3 Å². The number of thioether (sulfide) groups is 1. The fourth-order valence-electron chi connectivity index (χ4n) is 1.89. The highest BCUT2D eigenvalue weighted by atomic mass is 32.2. The third kappa shape index (κ3) is 3.01. The summed E-state index contributed by atoms with van der Waals surface area (Å²) in [6, 6.07) is 1.85. The highest BCUT2D eigenvalue weighted by molar-refractivity contribution is 7.99. The van der Waals surface area contributed by atoms with Crippen LogP contribution in [0, 0.1) is 5.92 Å². The van der Waals surface area contributed by atoms with E-state index in [1.54, 1.807) is 7.11 Å². The summed E-state index contributed by atoms with van der Waals surface area (Å²) in [6.45, 7) is 0. The van der Waals surface area contributed by atoms with E-state index in [2.05, 4.69) is 0 Å². The summed E-state index contributed by atoms with van der Waals surface area (Å²) in [6.07, 6.45) is 3.10. The highest BCUT2D eigenvalue weighted by Crippen LogP contribution is 2.29. The molecule has 2 heterocycles. The maximum atomic E-state index is 12.0. The third-order valence-corrected chi connectivity index (χ3v) is 4.90. The van der Waals surface area contributed by atoms with Gasteiger partial charge in [-0.1, -0.05) is 0 Å². The van der Waals surface area contributed by atoms with Crippen molar-refractivity contribution in [3.05, 3.63) is 16.3 Å². The Hall–Kier alpha value is -0.480. The van der Waals surface area contributed by atoms with Crippen molar-refractivity contribution >= 4 is 28.9 Å². The van der Waals surface area contributed by atoms with Crippen LogP contribution >= 0.6 is 23.1 Å². The first-order chi connectivity index (χ1) is 7.79. The minimum atomic E-state index is 0.283. The van der Waals surface area contributed by atoms with Crippen LogP contribution in [0.4, 0.5) is 0 Å². The number of rotatable bonds is 4. The van der Waals surface area contributed by atoms with E-state index in [0.29, 0.717) is 12.3 Å². The van der Waals surface area contributed by atoms with Gasteiger partial charge in [-0.05, 0) is 30.3 Å². The topological polar surface area (TPSA) is 26.3 Å². The standard InChI is InChI=1S/C12H16O2S2/c1-14-10-7-12(16-8-10)11(13)6-9-2-4-15-5-3-9/h7-9H,2-6H2,1H3. The van der Waals surface area contributed by atoms with Gasteiger partial charge in [-0.2, -0.15) is 11.8 Å². The molecule has 0 spiro atoms. The zero-order chi connectivity index (χ0) is 11.4. The van der Waals surface area contributed by atoms with Crippen molar-refractivity contribution in [2.24, 2.45) is 5.92 Å². The summed E-state index contributed by atoms with van der Waals surface area (Å²) >= 11 is 3.49. The van der Waals surface area contributed by atoms with Crippen LogP contribution < -0.4 is 4.74 Å². The van der Waals surface area contributed by atoms with Crippen molar-refractivity contribution < 1.29 is 9.53 Å². The molecule has 0 unspecified atom stereocenters. The van der Waals surface area contributed by atoms with Crippen LogP contribution in [0.2, 0.25) is 0 Å². The zero-order valence-electron chi connectivity index (χ0n) is 9.40. The first-order valence-corrected chi connectivity index (χ1v) is 7.56. The highest BCUT2D eigenvalue weighted by Gasteiger charge is 2.19. The number of thiophene rings is 1. The van der Waals surface area contributed by atoms with Crippen LogP contribution in [0.1, 0.15) is 28.9 Å². The van der Waals surface area contributed by atoms with E-state index in [9.17, 15) is 4.79 Å². The number of ether oxygens (including phenoxy) is 1. The molecule has 1 saturated heterocycles. The number of methoxy groups -OCH3 is 1. The Morgan fingerprint density at radius 2 is 2.25 bits per heavy atom. The second kappa shape index (κ2) is 5.73. The lowest BCUT2D eigenvalue weighted by molar-refractivity contribution is 0.0962.